The standard InChI is InChI=1S/C13H13F2NS/c1-9(13-6-3-7-17-13)16-8-10-11(14)4-2-5-12(10)15/h2-7,9,16H,8H2,1H3/t9-/m0/s1. The Morgan fingerprint density at radius 2 is 1.88 bits per heavy atom. The van der Waals surface area contributed by atoms with Gasteiger partial charge in [0.1, 0.15) is 11.6 Å². The van der Waals surface area contributed by atoms with Gasteiger partial charge in [-0.15, -0.1) is 11.3 Å². The normalized spacial score (nSPS) is 12.6. The molecule has 0 radical (unpaired) electrons. The zero-order valence-electron chi connectivity index (χ0n) is 9.41. The molecular formula is C13H13F2NS. The lowest BCUT2D eigenvalue weighted by Crippen LogP contribution is -2.18. The zero-order valence-corrected chi connectivity index (χ0v) is 10.2. The first-order chi connectivity index (χ1) is 8.18. The minimum Gasteiger partial charge on any atom is -0.305 e. The van der Waals surface area contributed by atoms with Crippen molar-refractivity contribution < 1.29 is 8.78 Å². The van der Waals surface area contributed by atoms with E-state index in [2.05, 4.69) is 5.32 Å². The van der Waals surface area contributed by atoms with Crippen LogP contribution in [0.5, 0.6) is 0 Å². The molecule has 1 heterocycles. The maximum absolute atomic E-state index is 13.4. The van der Waals surface area contributed by atoms with Crippen molar-refractivity contribution in [2.75, 3.05) is 0 Å². The van der Waals surface area contributed by atoms with Gasteiger partial charge in [-0.2, -0.15) is 0 Å². The van der Waals surface area contributed by atoms with Gasteiger partial charge in [0.05, 0.1) is 0 Å². The fourth-order valence-corrected chi connectivity index (χ4v) is 2.35. The quantitative estimate of drug-likeness (QED) is 0.872. The first-order valence-corrected chi connectivity index (χ1v) is 6.26. The van der Waals surface area contributed by atoms with Crippen molar-refractivity contribution in [3.8, 4) is 0 Å². The molecule has 0 fully saturated rings. The summed E-state index contributed by atoms with van der Waals surface area (Å²) in [7, 11) is 0. The minimum atomic E-state index is -0.504. The first kappa shape index (κ1) is 12.2. The Morgan fingerprint density at radius 1 is 1.18 bits per heavy atom. The highest BCUT2D eigenvalue weighted by Gasteiger charge is 2.11. The van der Waals surface area contributed by atoms with Gasteiger partial charge in [0.25, 0.3) is 0 Å². The Hall–Kier alpha value is -1.26. The minimum absolute atomic E-state index is 0.0917. The summed E-state index contributed by atoms with van der Waals surface area (Å²) in [4.78, 5) is 1.15. The average molecular weight is 253 g/mol. The Kier molecular flexibility index (Phi) is 3.86. The molecule has 0 unspecified atom stereocenters. The third-order valence-electron chi connectivity index (χ3n) is 2.62. The lowest BCUT2D eigenvalue weighted by Gasteiger charge is -2.12. The third-order valence-corrected chi connectivity index (χ3v) is 3.67. The summed E-state index contributed by atoms with van der Waals surface area (Å²) >= 11 is 1.62. The fraction of sp³-hybridized carbons (Fsp3) is 0.231. The number of thiophene rings is 1. The molecule has 0 spiro atoms. The van der Waals surface area contributed by atoms with Gasteiger partial charge in [-0.1, -0.05) is 12.1 Å². The predicted molar refractivity (Wildman–Crippen MR) is 65.9 cm³/mol. The molecule has 0 bridgehead atoms. The van der Waals surface area contributed by atoms with Gasteiger partial charge in [0.2, 0.25) is 0 Å². The number of benzene rings is 1. The summed E-state index contributed by atoms with van der Waals surface area (Å²) in [6, 6.07) is 7.97. The molecule has 0 aliphatic carbocycles. The molecule has 1 aromatic heterocycles. The van der Waals surface area contributed by atoms with Gasteiger partial charge in [-0.25, -0.2) is 8.78 Å². The van der Waals surface area contributed by atoms with Crippen molar-refractivity contribution in [3.63, 3.8) is 0 Å². The summed E-state index contributed by atoms with van der Waals surface area (Å²) in [5.41, 5.74) is 0.0934. The van der Waals surface area contributed by atoms with Gasteiger partial charge in [0, 0.05) is 23.0 Å². The van der Waals surface area contributed by atoms with Crippen LogP contribution in [0.25, 0.3) is 0 Å². The van der Waals surface area contributed by atoms with Gasteiger partial charge in [-0.05, 0) is 30.5 Å². The van der Waals surface area contributed by atoms with E-state index in [1.807, 2.05) is 24.4 Å². The lowest BCUT2D eigenvalue weighted by atomic mass is 10.2. The summed E-state index contributed by atoms with van der Waals surface area (Å²) in [6.07, 6.45) is 0. The second-order valence-electron chi connectivity index (χ2n) is 3.82. The second kappa shape index (κ2) is 5.38. The molecule has 1 aromatic carbocycles. The van der Waals surface area contributed by atoms with E-state index < -0.39 is 11.6 Å². The summed E-state index contributed by atoms with van der Waals surface area (Å²) in [6.45, 7) is 2.17. The highest BCUT2D eigenvalue weighted by Crippen LogP contribution is 2.19. The van der Waals surface area contributed by atoms with Gasteiger partial charge < -0.3 is 5.32 Å². The molecular weight excluding hydrogens is 240 g/mol. The molecule has 0 saturated carbocycles. The van der Waals surface area contributed by atoms with Crippen LogP contribution < -0.4 is 5.32 Å². The van der Waals surface area contributed by atoms with E-state index in [0.717, 1.165) is 4.88 Å². The first-order valence-electron chi connectivity index (χ1n) is 5.38. The molecule has 0 saturated heterocycles. The van der Waals surface area contributed by atoms with Crippen LogP contribution in [0.2, 0.25) is 0 Å². The Labute approximate surface area is 103 Å². The molecule has 17 heavy (non-hydrogen) atoms. The molecule has 0 aliphatic heterocycles. The van der Waals surface area contributed by atoms with Crippen molar-refractivity contribution in [1.29, 1.82) is 0 Å². The van der Waals surface area contributed by atoms with E-state index in [-0.39, 0.29) is 18.2 Å². The van der Waals surface area contributed by atoms with E-state index in [0.29, 0.717) is 0 Å². The van der Waals surface area contributed by atoms with Crippen molar-refractivity contribution in [1.82, 2.24) is 5.32 Å². The van der Waals surface area contributed by atoms with Crippen molar-refractivity contribution in [3.05, 3.63) is 57.8 Å². The van der Waals surface area contributed by atoms with E-state index >= 15 is 0 Å². The predicted octanol–water partition coefficient (Wildman–Crippen LogP) is 3.88. The molecule has 1 nitrogen and oxygen atoms in total. The van der Waals surface area contributed by atoms with Crippen LogP contribution in [-0.4, -0.2) is 0 Å². The fourth-order valence-electron chi connectivity index (χ4n) is 1.59. The van der Waals surface area contributed by atoms with E-state index in [1.165, 1.54) is 18.2 Å². The number of nitrogens with one attached hydrogen (secondary N) is 1. The van der Waals surface area contributed by atoms with Crippen LogP contribution in [-0.2, 0) is 6.54 Å². The summed E-state index contributed by atoms with van der Waals surface area (Å²) < 4.78 is 26.7. The highest BCUT2D eigenvalue weighted by molar-refractivity contribution is 7.10. The Bertz CT molecular complexity index is 462. The summed E-state index contributed by atoms with van der Waals surface area (Å²) in [5.74, 6) is -1.01. The molecule has 0 amide bonds. The lowest BCUT2D eigenvalue weighted by molar-refractivity contribution is 0.512. The van der Waals surface area contributed by atoms with E-state index in [9.17, 15) is 8.78 Å². The Morgan fingerprint density at radius 3 is 2.47 bits per heavy atom. The maximum Gasteiger partial charge on any atom is 0.130 e. The van der Waals surface area contributed by atoms with Crippen LogP contribution in [0.3, 0.4) is 0 Å². The summed E-state index contributed by atoms with van der Waals surface area (Å²) in [5, 5.41) is 5.10. The number of halogens is 2. The largest absolute Gasteiger partial charge is 0.305 e. The highest BCUT2D eigenvalue weighted by atomic mass is 32.1. The van der Waals surface area contributed by atoms with Crippen molar-refractivity contribution in [2.24, 2.45) is 0 Å². The van der Waals surface area contributed by atoms with Crippen LogP contribution >= 0.6 is 11.3 Å². The third kappa shape index (κ3) is 2.90. The smallest absolute Gasteiger partial charge is 0.130 e. The number of hydrogen-bond donors (Lipinski definition) is 1. The second-order valence-corrected chi connectivity index (χ2v) is 4.80. The molecule has 4 heteroatoms. The van der Waals surface area contributed by atoms with Crippen molar-refractivity contribution in [2.45, 2.75) is 19.5 Å². The maximum atomic E-state index is 13.4. The molecule has 90 valence electrons. The van der Waals surface area contributed by atoms with Crippen molar-refractivity contribution >= 4 is 11.3 Å². The molecule has 0 aliphatic rings. The average Bonchev–Trinajstić information content (AvgIpc) is 2.81. The zero-order chi connectivity index (χ0) is 12.3. The van der Waals surface area contributed by atoms with Gasteiger partial charge >= 0.3 is 0 Å². The molecule has 2 aromatic rings. The molecule has 1 N–H and O–H groups in total. The molecule has 1 atom stereocenters. The van der Waals surface area contributed by atoms with Gasteiger partial charge in [0.15, 0.2) is 0 Å². The van der Waals surface area contributed by atoms with E-state index in [1.54, 1.807) is 11.3 Å². The SMILES string of the molecule is C[C@H](NCc1c(F)cccc1F)c1cccs1. The number of hydrogen-bond acceptors (Lipinski definition) is 2. The Balaban J connectivity index is 2.03. The van der Waals surface area contributed by atoms with Crippen LogP contribution in [0.15, 0.2) is 35.7 Å². The topological polar surface area (TPSA) is 12.0 Å². The van der Waals surface area contributed by atoms with Crippen LogP contribution in [0, 0.1) is 11.6 Å². The molecule has 2 rings (SSSR count). The van der Waals surface area contributed by atoms with Crippen LogP contribution in [0.4, 0.5) is 8.78 Å². The van der Waals surface area contributed by atoms with Gasteiger partial charge in [-0.3, -0.25) is 0 Å². The van der Waals surface area contributed by atoms with Crippen LogP contribution in [0.1, 0.15) is 23.4 Å². The van der Waals surface area contributed by atoms with E-state index in [4.69, 9.17) is 0 Å². The number of rotatable bonds is 4. The monoisotopic (exact) mass is 253 g/mol.